The molecule has 0 heterocycles. The fraction of sp³-hybridized carbons (Fsp3) is 0.455. The number of halogens is 4. The number of hydrogen-bond acceptors (Lipinski definition) is 2. The van der Waals surface area contributed by atoms with Crippen molar-refractivity contribution in [3.63, 3.8) is 0 Å². The van der Waals surface area contributed by atoms with E-state index in [2.05, 4.69) is 5.32 Å². The van der Waals surface area contributed by atoms with Gasteiger partial charge >= 0.3 is 0 Å². The molecule has 17 heavy (non-hydrogen) atoms. The number of rotatable bonds is 5. The smallest absolute Gasteiger partial charge is 0.203 e. The first-order valence-electron chi connectivity index (χ1n) is 5.10. The Bertz CT molecular complexity index is 371. The minimum Gasteiger partial charge on any atom is -0.487 e. The number of hydrogen-bond donors (Lipinski definition) is 1. The molecule has 2 nitrogen and oxygen atoms in total. The molecule has 1 rings (SSSR count). The van der Waals surface area contributed by atoms with Crippen LogP contribution >= 0.6 is 0 Å². The first-order chi connectivity index (χ1) is 7.97. The van der Waals surface area contributed by atoms with Gasteiger partial charge in [0.2, 0.25) is 11.6 Å². The second-order valence-corrected chi connectivity index (χ2v) is 3.62. The molecule has 0 saturated heterocycles. The maximum absolute atomic E-state index is 13.1. The monoisotopic (exact) mass is 251 g/mol. The van der Waals surface area contributed by atoms with Crippen molar-refractivity contribution in [2.45, 2.75) is 19.4 Å². The Morgan fingerprint density at radius 3 is 2.18 bits per heavy atom. The molecule has 0 saturated carbocycles. The van der Waals surface area contributed by atoms with E-state index in [0.717, 1.165) is 0 Å². The highest BCUT2D eigenvalue weighted by Gasteiger charge is 2.20. The summed E-state index contributed by atoms with van der Waals surface area (Å²) in [4.78, 5) is 0. The zero-order chi connectivity index (χ0) is 13.0. The molecular weight excluding hydrogens is 238 g/mol. The average Bonchev–Trinajstić information content (AvgIpc) is 2.30. The van der Waals surface area contributed by atoms with E-state index in [0.29, 0.717) is 6.42 Å². The molecule has 6 heteroatoms. The minimum atomic E-state index is -1.51. The lowest BCUT2D eigenvalue weighted by Crippen LogP contribution is -2.23. The lowest BCUT2D eigenvalue weighted by atomic mass is 10.2. The minimum absolute atomic E-state index is 0.0429. The van der Waals surface area contributed by atoms with Crippen LogP contribution in [0.5, 0.6) is 5.75 Å². The van der Waals surface area contributed by atoms with E-state index in [9.17, 15) is 17.6 Å². The van der Waals surface area contributed by atoms with Crippen LogP contribution in [0.2, 0.25) is 0 Å². The van der Waals surface area contributed by atoms with Gasteiger partial charge in [-0.25, -0.2) is 8.78 Å². The zero-order valence-corrected chi connectivity index (χ0v) is 9.49. The predicted molar refractivity (Wildman–Crippen MR) is 54.9 cm³/mol. The summed E-state index contributed by atoms with van der Waals surface area (Å²) in [5.41, 5.74) is 0. The average molecular weight is 251 g/mol. The molecule has 0 aliphatic carbocycles. The lowest BCUT2D eigenvalue weighted by Gasteiger charge is -2.12. The largest absolute Gasteiger partial charge is 0.487 e. The fourth-order valence-corrected chi connectivity index (χ4v) is 1.16. The zero-order valence-electron chi connectivity index (χ0n) is 9.49. The van der Waals surface area contributed by atoms with Gasteiger partial charge in [-0.2, -0.15) is 8.78 Å². The second-order valence-electron chi connectivity index (χ2n) is 3.62. The van der Waals surface area contributed by atoms with Gasteiger partial charge < -0.3 is 10.1 Å². The topological polar surface area (TPSA) is 21.3 Å². The van der Waals surface area contributed by atoms with Crippen LogP contribution in [-0.2, 0) is 0 Å². The molecule has 1 aromatic rings. The molecule has 0 spiro atoms. The van der Waals surface area contributed by atoms with Crippen LogP contribution in [0.4, 0.5) is 17.6 Å². The van der Waals surface area contributed by atoms with Gasteiger partial charge in [0.05, 0.1) is 6.61 Å². The van der Waals surface area contributed by atoms with Gasteiger partial charge in [0.15, 0.2) is 17.4 Å². The third-order valence-electron chi connectivity index (χ3n) is 2.36. The van der Waals surface area contributed by atoms with E-state index >= 15 is 0 Å². The van der Waals surface area contributed by atoms with E-state index in [1.54, 1.807) is 7.05 Å². The fourth-order valence-electron chi connectivity index (χ4n) is 1.16. The summed E-state index contributed by atoms with van der Waals surface area (Å²) in [5.74, 6) is -6.98. The number of benzene rings is 1. The van der Waals surface area contributed by atoms with Crippen LogP contribution < -0.4 is 10.1 Å². The van der Waals surface area contributed by atoms with Crippen LogP contribution in [0, 0.1) is 23.3 Å². The van der Waals surface area contributed by atoms with Gasteiger partial charge in [-0.05, 0) is 20.4 Å². The van der Waals surface area contributed by atoms with Crippen LogP contribution in [0.1, 0.15) is 13.3 Å². The maximum Gasteiger partial charge on any atom is 0.203 e. The van der Waals surface area contributed by atoms with Gasteiger partial charge in [-0.15, -0.1) is 0 Å². The van der Waals surface area contributed by atoms with Crippen molar-refractivity contribution in [1.82, 2.24) is 5.32 Å². The number of ether oxygens (including phenoxy) is 1. The maximum atomic E-state index is 13.1. The van der Waals surface area contributed by atoms with Crippen molar-refractivity contribution in [3.8, 4) is 5.75 Å². The summed E-state index contributed by atoms with van der Waals surface area (Å²) >= 11 is 0. The Labute approximate surface area is 96.6 Å². The van der Waals surface area contributed by atoms with E-state index < -0.39 is 29.0 Å². The highest BCUT2D eigenvalue weighted by atomic mass is 19.2. The summed E-state index contributed by atoms with van der Waals surface area (Å²) in [6.45, 7) is 1.79. The van der Waals surface area contributed by atoms with Crippen molar-refractivity contribution in [1.29, 1.82) is 0 Å². The summed E-state index contributed by atoms with van der Waals surface area (Å²) in [6.07, 6.45) is 0.452. The molecular formula is C11H13F4NO. The van der Waals surface area contributed by atoms with Crippen molar-refractivity contribution >= 4 is 0 Å². The number of nitrogens with one attached hydrogen (secondary N) is 1. The van der Waals surface area contributed by atoms with Gasteiger partial charge in [0.25, 0.3) is 0 Å². The standard InChI is InChI=1S/C11H13F4NO/c1-6(16-2)3-4-17-11-9(14)7(12)5-8(13)10(11)15/h5-6,16H,3-4H2,1-2H3. The Morgan fingerprint density at radius 2 is 1.71 bits per heavy atom. The lowest BCUT2D eigenvalue weighted by molar-refractivity contribution is 0.256. The van der Waals surface area contributed by atoms with Crippen molar-refractivity contribution in [3.05, 3.63) is 29.3 Å². The quantitative estimate of drug-likeness (QED) is 0.641. The molecule has 0 aromatic heterocycles. The van der Waals surface area contributed by atoms with Gasteiger partial charge in [0.1, 0.15) is 0 Å². The third kappa shape index (κ3) is 3.33. The van der Waals surface area contributed by atoms with Crippen LogP contribution in [0.3, 0.4) is 0 Å². The van der Waals surface area contributed by atoms with Crippen molar-refractivity contribution in [2.75, 3.05) is 13.7 Å². The first-order valence-corrected chi connectivity index (χ1v) is 5.10. The van der Waals surface area contributed by atoms with Crippen molar-refractivity contribution in [2.24, 2.45) is 0 Å². The highest BCUT2D eigenvalue weighted by molar-refractivity contribution is 5.28. The van der Waals surface area contributed by atoms with Gasteiger partial charge in [-0.1, -0.05) is 0 Å². The van der Waals surface area contributed by atoms with E-state index in [1.165, 1.54) is 0 Å². The van der Waals surface area contributed by atoms with E-state index in [4.69, 9.17) is 4.74 Å². The molecule has 1 atom stereocenters. The van der Waals surface area contributed by atoms with E-state index in [1.807, 2.05) is 6.92 Å². The molecule has 0 amide bonds. The molecule has 1 aromatic carbocycles. The Hall–Kier alpha value is -1.30. The Kier molecular flexibility index (Phi) is 4.74. The van der Waals surface area contributed by atoms with Crippen LogP contribution in [0.25, 0.3) is 0 Å². The third-order valence-corrected chi connectivity index (χ3v) is 2.36. The molecule has 96 valence electrons. The molecule has 0 aliphatic rings. The Balaban J connectivity index is 2.77. The molecule has 1 unspecified atom stereocenters. The summed E-state index contributed by atoms with van der Waals surface area (Å²) in [5, 5.41) is 2.89. The molecule has 0 aliphatic heterocycles. The molecule has 0 fully saturated rings. The predicted octanol–water partition coefficient (Wildman–Crippen LogP) is 2.62. The second kappa shape index (κ2) is 5.86. The summed E-state index contributed by atoms with van der Waals surface area (Å²) < 4.78 is 56.6. The van der Waals surface area contributed by atoms with E-state index in [-0.39, 0.29) is 18.7 Å². The molecule has 0 radical (unpaired) electrons. The van der Waals surface area contributed by atoms with Crippen LogP contribution in [-0.4, -0.2) is 19.7 Å². The van der Waals surface area contributed by atoms with Crippen molar-refractivity contribution < 1.29 is 22.3 Å². The first kappa shape index (κ1) is 13.8. The van der Waals surface area contributed by atoms with Gasteiger partial charge in [0, 0.05) is 12.1 Å². The summed E-state index contributed by atoms with van der Waals surface area (Å²) in [7, 11) is 1.72. The highest BCUT2D eigenvalue weighted by Crippen LogP contribution is 2.26. The Morgan fingerprint density at radius 1 is 1.18 bits per heavy atom. The molecule has 0 bridgehead atoms. The SMILES string of the molecule is CNC(C)CCOc1c(F)c(F)cc(F)c1F. The molecule has 1 N–H and O–H groups in total. The van der Waals surface area contributed by atoms with Crippen LogP contribution in [0.15, 0.2) is 6.07 Å². The normalized spacial score (nSPS) is 12.6. The summed E-state index contributed by atoms with van der Waals surface area (Å²) in [6, 6.07) is 0.216. The van der Waals surface area contributed by atoms with Gasteiger partial charge in [-0.3, -0.25) is 0 Å².